The molecule has 0 unspecified atom stereocenters. The minimum Gasteiger partial charge on any atom is -0.466 e. The van der Waals surface area contributed by atoms with E-state index >= 15 is 0 Å². The van der Waals surface area contributed by atoms with E-state index in [0.29, 0.717) is 28.0 Å². The summed E-state index contributed by atoms with van der Waals surface area (Å²) in [6.45, 7) is 4.31. The molecule has 0 saturated heterocycles. The quantitative estimate of drug-likeness (QED) is 0.398. The molecule has 0 fully saturated rings. The van der Waals surface area contributed by atoms with Gasteiger partial charge < -0.3 is 9.30 Å². The standard InChI is InChI=1S/C17H21N3O5S/c1-3-5-6-15(21)18-17-19(10-9-16(22)25-4-2)13-8-7-12(20(23)24)11-14(13)26-17/h7-8,11H,3-6,9-10H2,1-2H3. The zero-order valence-corrected chi connectivity index (χ0v) is 15.6. The van der Waals surface area contributed by atoms with Crippen molar-refractivity contribution in [1.82, 2.24) is 4.57 Å². The number of non-ortho nitro benzene ring substituents is 1. The molecule has 1 heterocycles. The number of thiazole rings is 1. The van der Waals surface area contributed by atoms with Gasteiger partial charge in [0.1, 0.15) is 0 Å². The first-order valence-electron chi connectivity index (χ1n) is 8.47. The van der Waals surface area contributed by atoms with E-state index in [0.717, 1.165) is 12.8 Å². The van der Waals surface area contributed by atoms with Crippen molar-refractivity contribution in [2.45, 2.75) is 46.1 Å². The maximum absolute atomic E-state index is 12.0. The van der Waals surface area contributed by atoms with Gasteiger partial charge in [-0.1, -0.05) is 24.7 Å². The number of fused-ring (bicyclic) bond motifs is 1. The fourth-order valence-electron chi connectivity index (χ4n) is 2.40. The van der Waals surface area contributed by atoms with Gasteiger partial charge in [-0.05, 0) is 19.4 Å². The number of hydrogen-bond acceptors (Lipinski definition) is 6. The van der Waals surface area contributed by atoms with Crippen LogP contribution in [0.15, 0.2) is 23.2 Å². The fraction of sp³-hybridized carbons (Fsp3) is 0.471. The maximum Gasteiger partial charge on any atom is 0.307 e. The molecule has 140 valence electrons. The van der Waals surface area contributed by atoms with Crippen LogP contribution in [0, 0.1) is 10.1 Å². The Morgan fingerprint density at radius 2 is 2.08 bits per heavy atom. The van der Waals surface area contributed by atoms with E-state index in [2.05, 4.69) is 4.99 Å². The van der Waals surface area contributed by atoms with Gasteiger partial charge in [-0.25, -0.2) is 0 Å². The number of carbonyl (C=O) groups is 2. The predicted octanol–water partition coefficient (Wildman–Crippen LogP) is 3.18. The van der Waals surface area contributed by atoms with Gasteiger partial charge in [0.05, 0.1) is 28.2 Å². The number of unbranched alkanes of at least 4 members (excludes halogenated alkanes) is 1. The molecule has 0 saturated carbocycles. The monoisotopic (exact) mass is 379 g/mol. The number of nitrogens with zero attached hydrogens (tertiary/aromatic N) is 3. The zero-order chi connectivity index (χ0) is 19.1. The van der Waals surface area contributed by atoms with Crippen LogP contribution in [0.2, 0.25) is 0 Å². The van der Waals surface area contributed by atoms with Gasteiger partial charge in [-0.2, -0.15) is 4.99 Å². The summed E-state index contributed by atoms with van der Waals surface area (Å²) in [6, 6.07) is 4.47. The number of nitro benzene ring substituents is 1. The van der Waals surface area contributed by atoms with Gasteiger partial charge in [0.25, 0.3) is 5.69 Å². The Morgan fingerprint density at radius 3 is 2.73 bits per heavy atom. The lowest BCUT2D eigenvalue weighted by atomic mass is 10.2. The van der Waals surface area contributed by atoms with Gasteiger partial charge in [0.2, 0.25) is 5.91 Å². The smallest absolute Gasteiger partial charge is 0.307 e. The van der Waals surface area contributed by atoms with Gasteiger partial charge >= 0.3 is 5.97 Å². The number of aromatic nitrogens is 1. The first-order valence-corrected chi connectivity index (χ1v) is 9.28. The number of hydrogen-bond donors (Lipinski definition) is 0. The number of esters is 1. The summed E-state index contributed by atoms with van der Waals surface area (Å²) in [5.41, 5.74) is 0.673. The van der Waals surface area contributed by atoms with E-state index in [-0.39, 0.29) is 30.5 Å². The van der Waals surface area contributed by atoms with E-state index in [9.17, 15) is 19.7 Å². The molecule has 0 aliphatic carbocycles. The first-order chi connectivity index (χ1) is 12.5. The van der Waals surface area contributed by atoms with Crippen LogP contribution < -0.4 is 4.80 Å². The van der Waals surface area contributed by atoms with Crippen molar-refractivity contribution in [2.75, 3.05) is 6.61 Å². The summed E-state index contributed by atoms with van der Waals surface area (Å²) in [5.74, 6) is -0.581. The first kappa shape index (κ1) is 19.8. The molecule has 26 heavy (non-hydrogen) atoms. The lowest BCUT2D eigenvalue weighted by Crippen LogP contribution is -2.19. The number of carbonyl (C=O) groups excluding carboxylic acids is 2. The molecule has 2 rings (SSSR count). The molecule has 1 amide bonds. The summed E-state index contributed by atoms with van der Waals surface area (Å²) < 4.78 is 7.33. The van der Waals surface area contributed by atoms with Gasteiger partial charge in [0.15, 0.2) is 4.80 Å². The third-order valence-electron chi connectivity index (χ3n) is 3.69. The average molecular weight is 379 g/mol. The van der Waals surface area contributed by atoms with Crippen molar-refractivity contribution < 1.29 is 19.2 Å². The molecule has 9 heteroatoms. The number of nitro groups is 1. The van der Waals surface area contributed by atoms with Crippen molar-refractivity contribution in [1.29, 1.82) is 0 Å². The Kier molecular flexibility index (Phi) is 7.02. The second-order valence-corrected chi connectivity index (χ2v) is 6.62. The van der Waals surface area contributed by atoms with Crippen LogP contribution in [0.3, 0.4) is 0 Å². The third-order valence-corrected chi connectivity index (χ3v) is 4.73. The Morgan fingerprint density at radius 1 is 1.31 bits per heavy atom. The van der Waals surface area contributed by atoms with Gasteiger partial charge in [-0.3, -0.25) is 19.7 Å². The lowest BCUT2D eigenvalue weighted by Gasteiger charge is -2.05. The Bertz CT molecular complexity index is 884. The highest BCUT2D eigenvalue weighted by Gasteiger charge is 2.14. The van der Waals surface area contributed by atoms with Crippen LogP contribution in [0.25, 0.3) is 10.2 Å². The minimum absolute atomic E-state index is 0.0276. The maximum atomic E-state index is 12.0. The minimum atomic E-state index is -0.467. The van der Waals surface area contributed by atoms with Crippen LogP contribution in [0.4, 0.5) is 5.69 Å². The molecule has 0 atom stereocenters. The SMILES string of the molecule is CCCCC(=O)N=c1sc2cc([N+](=O)[O-])ccc2n1CCC(=O)OCC. The summed E-state index contributed by atoms with van der Waals surface area (Å²) in [7, 11) is 0. The highest BCUT2D eigenvalue weighted by molar-refractivity contribution is 7.16. The summed E-state index contributed by atoms with van der Waals surface area (Å²) >= 11 is 1.20. The molecule has 1 aromatic heterocycles. The van der Waals surface area contributed by atoms with E-state index in [1.54, 1.807) is 17.6 Å². The van der Waals surface area contributed by atoms with Crippen LogP contribution in [-0.4, -0.2) is 28.0 Å². The molecule has 0 bridgehead atoms. The average Bonchev–Trinajstić information content (AvgIpc) is 2.94. The molecule has 2 aromatic rings. The van der Waals surface area contributed by atoms with Crippen LogP contribution >= 0.6 is 11.3 Å². The molecular weight excluding hydrogens is 358 g/mol. The van der Waals surface area contributed by atoms with Crippen molar-refractivity contribution in [3.05, 3.63) is 33.1 Å². The topological polar surface area (TPSA) is 104 Å². The van der Waals surface area contributed by atoms with Crippen molar-refractivity contribution in [3.8, 4) is 0 Å². The van der Waals surface area contributed by atoms with Crippen LogP contribution in [0.5, 0.6) is 0 Å². The number of benzene rings is 1. The Labute approximate surface area is 154 Å². The molecule has 0 aliphatic rings. The Balaban J connectivity index is 2.44. The van der Waals surface area contributed by atoms with Gasteiger partial charge in [0, 0.05) is 25.1 Å². The van der Waals surface area contributed by atoms with Crippen LogP contribution in [0.1, 0.15) is 39.5 Å². The normalized spacial score (nSPS) is 11.7. The summed E-state index contributed by atoms with van der Waals surface area (Å²) in [6.07, 6.45) is 2.13. The second kappa shape index (κ2) is 9.23. The largest absolute Gasteiger partial charge is 0.466 e. The number of amides is 1. The third kappa shape index (κ3) is 4.98. The molecule has 8 nitrogen and oxygen atoms in total. The van der Waals surface area contributed by atoms with Gasteiger partial charge in [-0.15, -0.1) is 0 Å². The number of aryl methyl sites for hydroxylation is 1. The van der Waals surface area contributed by atoms with E-state index in [1.165, 1.54) is 23.5 Å². The number of ether oxygens (including phenoxy) is 1. The van der Waals surface area contributed by atoms with Crippen LogP contribution in [-0.2, 0) is 20.9 Å². The molecule has 0 N–H and O–H groups in total. The molecule has 0 radical (unpaired) electrons. The van der Waals surface area contributed by atoms with E-state index < -0.39 is 4.92 Å². The fourth-order valence-corrected chi connectivity index (χ4v) is 3.51. The highest BCUT2D eigenvalue weighted by atomic mass is 32.1. The Hall–Kier alpha value is -2.55. The van der Waals surface area contributed by atoms with E-state index in [4.69, 9.17) is 4.74 Å². The lowest BCUT2D eigenvalue weighted by molar-refractivity contribution is -0.384. The zero-order valence-electron chi connectivity index (χ0n) is 14.8. The van der Waals surface area contributed by atoms with E-state index in [1.807, 2.05) is 6.92 Å². The van der Waals surface area contributed by atoms with Crippen molar-refractivity contribution in [3.63, 3.8) is 0 Å². The summed E-state index contributed by atoms with van der Waals surface area (Å²) in [4.78, 5) is 38.8. The van der Waals surface area contributed by atoms with Crippen molar-refractivity contribution in [2.24, 2.45) is 4.99 Å². The molecule has 1 aromatic carbocycles. The number of rotatable bonds is 8. The molecule has 0 aliphatic heterocycles. The highest BCUT2D eigenvalue weighted by Crippen LogP contribution is 2.23. The van der Waals surface area contributed by atoms with Crippen molar-refractivity contribution >= 4 is 39.1 Å². The molecule has 0 spiro atoms. The summed E-state index contributed by atoms with van der Waals surface area (Å²) in [5, 5.41) is 11.0. The predicted molar refractivity (Wildman–Crippen MR) is 97.8 cm³/mol. The molecular formula is C17H21N3O5S. The second-order valence-electron chi connectivity index (χ2n) is 5.61.